The maximum absolute atomic E-state index is 4.45. The van der Waals surface area contributed by atoms with E-state index >= 15 is 0 Å². The molecular weight excluding hydrogens is 224 g/mol. The lowest BCUT2D eigenvalue weighted by molar-refractivity contribution is 0.988. The highest BCUT2D eigenvalue weighted by molar-refractivity contribution is 5.43. The molecule has 2 rings (SSSR count). The fraction of sp³-hybridized carbons (Fsp3) is 0.286. The van der Waals surface area contributed by atoms with Gasteiger partial charge in [-0.05, 0) is 12.5 Å². The number of hydrogen-bond donors (Lipinski definition) is 1. The fourth-order valence-electron chi connectivity index (χ4n) is 1.64. The summed E-state index contributed by atoms with van der Waals surface area (Å²) in [6.07, 6.45) is 0. The zero-order chi connectivity index (χ0) is 13.0. The third kappa shape index (κ3) is 3.20. The van der Waals surface area contributed by atoms with Crippen molar-refractivity contribution in [3.8, 4) is 0 Å². The van der Waals surface area contributed by atoms with Crippen LogP contribution in [0, 0.1) is 6.92 Å². The first kappa shape index (κ1) is 12.4. The van der Waals surface area contributed by atoms with E-state index in [-0.39, 0.29) is 0 Å². The van der Waals surface area contributed by atoms with Crippen LogP contribution in [0.5, 0.6) is 0 Å². The van der Waals surface area contributed by atoms with Gasteiger partial charge in [0.05, 0.1) is 0 Å². The van der Waals surface area contributed by atoms with Gasteiger partial charge in [0, 0.05) is 32.4 Å². The first-order valence-electron chi connectivity index (χ1n) is 5.96. The van der Waals surface area contributed by atoms with Crippen LogP contribution >= 0.6 is 0 Å². The van der Waals surface area contributed by atoms with E-state index in [1.165, 1.54) is 5.56 Å². The molecule has 0 aliphatic heterocycles. The monoisotopic (exact) mass is 242 g/mol. The van der Waals surface area contributed by atoms with E-state index in [0.717, 1.165) is 18.1 Å². The smallest absolute Gasteiger partial charge is 0.225 e. The van der Waals surface area contributed by atoms with Crippen LogP contribution in [0.25, 0.3) is 0 Å². The van der Waals surface area contributed by atoms with Gasteiger partial charge < -0.3 is 10.2 Å². The molecule has 0 aliphatic rings. The van der Waals surface area contributed by atoms with Crippen molar-refractivity contribution in [2.45, 2.75) is 13.5 Å². The lowest BCUT2D eigenvalue weighted by Gasteiger charge is -2.13. The van der Waals surface area contributed by atoms with Crippen molar-refractivity contribution in [3.05, 3.63) is 47.7 Å². The van der Waals surface area contributed by atoms with Gasteiger partial charge in [-0.3, -0.25) is 0 Å². The molecule has 0 fully saturated rings. The van der Waals surface area contributed by atoms with Crippen LogP contribution < -0.4 is 10.2 Å². The number of rotatable bonds is 4. The van der Waals surface area contributed by atoms with Crippen LogP contribution in [0.1, 0.15) is 11.3 Å². The van der Waals surface area contributed by atoms with Crippen LogP contribution in [0.4, 0.5) is 11.8 Å². The summed E-state index contributed by atoms with van der Waals surface area (Å²) in [5.74, 6) is 1.58. The molecule has 1 aromatic heterocycles. The predicted octanol–water partition coefficient (Wildman–Crippen LogP) is 2.46. The van der Waals surface area contributed by atoms with E-state index in [9.17, 15) is 0 Å². The SMILES string of the molecule is Cc1cc(N(C)C)nc(NCc2ccccc2)n1. The highest BCUT2D eigenvalue weighted by Crippen LogP contribution is 2.12. The fourth-order valence-corrected chi connectivity index (χ4v) is 1.64. The van der Waals surface area contributed by atoms with Crippen LogP contribution in [0.15, 0.2) is 36.4 Å². The molecule has 1 N–H and O–H groups in total. The van der Waals surface area contributed by atoms with Gasteiger partial charge in [0.2, 0.25) is 5.95 Å². The molecule has 0 atom stereocenters. The van der Waals surface area contributed by atoms with E-state index in [1.54, 1.807) is 0 Å². The van der Waals surface area contributed by atoms with Gasteiger partial charge in [-0.2, -0.15) is 4.98 Å². The van der Waals surface area contributed by atoms with Gasteiger partial charge in [-0.15, -0.1) is 0 Å². The van der Waals surface area contributed by atoms with Gasteiger partial charge in [0.1, 0.15) is 5.82 Å². The minimum Gasteiger partial charge on any atom is -0.363 e. The van der Waals surface area contributed by atoms with Crippen LogP contribution in [-0.4, -0.2) is 24.1 Å². The largest absolute Gasteiger partial charge is 0.363 e. The molecule has 0 bridgehead atoms. The van der Waals surface area contributed by atoms with E-state index < -0.39 is 0 Å². The van der Waals surface area contributed by atoms with E-state index in [1.807, 2.05) is 50.2 Å². The standard InChI is InChI=1S/C14H18N4/c1-11-9-13(18(2)3)17-14(16-11)15-10-12-7-5-4-6-8-12/h4-9H,10H2,1-3H3,(H,15,16,17). The summed E-state index contributed by atoms with van der Waals surface area (Å²) in [7, 11) is 3.95. The zero-order valence-electron chi connectivity index (χ0n) is 11.0. The zero-order valence-corrected chi connectivity index (χ0v) is 11.0. The van der Waals surface area contributed by atoms with Crippen molar-refractivity contribution in [2.75, 3.05) is 24.3 Å². The maximum Gasteiger partial charge on any atom is 0.225 e. The third-order valence-corrected chi connectivity index (χ3v) is 2.59. The van der Waals surface area contributed by atoms with Crippen molar-refractivity contribution in [3.63, 3.8) is 0 Å². The number of benzene rings is 1. The number of aryl methyl sites for hydroxylation is 1. The normalized spacial score (nSPS) is 10.2. The molecule has 94 valence electrons. The summed E-state index contributed by atoms with van der Waals surface area (Å²) in [4.78, 5) is 10.8. The van der Waals surface area contributed by atoms with Gasteiger partial charge in [0.25, 0.3) is 0 Å². The molecule has 0 spiro atoms. The Morgan fingerprint density at radius 3 is 2.50 bits per heavy atom. The van der Waals surface area contributed by atoms with Crippen molar-refractivity contribution < 1.29 is 0 Å². The summed E-state index contributed by atoms with van der Waals surface area (Å²) >= 11 is 0. The van der Waals surface area contributed by atoms with Crippen molar-refractivity contribution in [1.82, 2.24) is 9.97 Å². The summed E-state index contributed by atoms with van der Waals surface area (Å²) in [6.45, 7) is 2.71. The van der Waals surface area contributed by atoms with Crippen LogP contribution in [-0.2, 0) is 6.54 Å². The second-order valence-corrected chi connectivity index (χ2v) is 4.42. The molecule has 1 aromatic carbocycles. The Bertz CT molecular complexity index is 508. The second kappa shape index (κ2) is 5.49. The molecule has 0 aliphatic carbocycles. The van der Waals surface area contributed by atoms with Crippen LogP contribution in [0.3, 0.4) is 0 Å². The minimum absolute atomic E-state index is 0.669. The molecule has 4 heteroatoms. The van der Waals surface area contributed by atoms with Gasteiger partial charge >= 0.3 is 0 Å². The lowest BCUT2D eigenvalue weighted by Crippen LogP contribution is -2.13. The first-order chi connectivity index (χ1) is 8.65. The highest BCUT2D eigenvalue weighted by atomic mass is 15.2. The maximum atomic E-state index is 4.45. The number of nitrogens with one attached hydrogen (secondary N) is 1. The summed E-state index contributed by atoms with van der Waals surface area (Å²) in [5.41, 5.74) is 2.18. The summed E-state index contributed by atoms with van der Waals surface area (Å²) < 4.78 is 0. The molecular formula is C14H18N4. The van der Waals surface area contributed by atoms with E-state index in [0.29, 0.717) is 5.95 Å². The Kier molecular flexibility index (Phi) is 3.77. The van der Waals surface area contributed by atoms with E-state index in [2.05, 4.69) is 27.4 Å². The average Bonchev–Trinajstić information content (AvgIpc) is 2.37. The van der Waals surface area contributed by atoms with Gasteiger partial charge in [-0.1, -0.05) is 30.3 Å². The van der Waals surface area contributed by atoms with Crippen molar-refractivity contribution in [2.24, 2.45) is 0 Å². The topological polar surface area (TPSA) is 41.1 Å². The number of anilines is 2. The molecule has 0 radical (unpaired) electrons. The first-order valence-corrected chi connectivity index (χ1v) is 5.96. The molecule has 0 saturated heterocycles. The molecule has 0 unspecified atom stereocenters. The molecule has 1 heterocycles. The van der Waals surface area contributed by atoms with Gasteiger partial charge in [-0.25, -0.2) is 4.98 Å². The molecule has 0 amide bonds. The Morgan fingerprint density at radius 1 is 1.11 bits per heavy atom. The van der Waals surface area contributed by atoms with Gasteiger partial charge in [0.15, 0.2) is 0 Å². The van der Waals surface area contributed by atoms with Crippen molar-refractivity contribution in [1.29, 1.82) is 0 Å². The molecule has 2 aromatic rings. The Balaban J connectivity index is 2.10. The number of aromatic nitrogens is 2. The Morgan fingerprint density at radius 2 is 1.83 bits per heavy atom. The third-order valence-electron chi connectivity index (χ3n) is 2.59. The Labute approximate surface area is 108 Å². The second-order valence-electron chi connectivity index (χ2n) is 4.42. The number of hydrogen-bond acceptors (Lipinski definition) is 4. The summed E-state index contributed by atoms with van der Waals surface area (Å²) in [5, 5.41) is 3.25. The molecule has 18 heavy (non-hydrogen) atoms. The highest BCUT2D eigenvalue weighted by Gasteiger charge is 2.03. The Hall–Kier alpha value is -2.10. The predicted molar refractivity (Wildman–Crippen MR) is 74.9 cm³/mol. The van der Waals surface area contributed by atoms with Crippen molar-refractivity contribution >= 4 is 11.8 Å². The average molecular weight is 242 g/mol. The van der Waals surface area contributed by atoms with Crippen LogP contribution in [0.2, 0.25) is 0 Å². The lowest BCUT2D eigenvalue weighted by atomic mass is 10.2. The van der Waals surface area contributed by atoms with E-state index in [4.69, 9.17) is 0 Å². The molecule has 4 nitrogen and oxygen atoms in total. The quantitative estimate of drug-likeness (QED) is 0.894. The molecule has 0 saturated carbocycles. The number of nitrogens with zero attached hydrogens (tertiary/aromatic N) is 3. The minimum atomic E-state index is 0.669. The summed E-state index contributed by atoms with van der Waals surface area (Å²) in [6, 6.07) is 12.2.